The lowest BCUT2D eigenvalue weighted by Crippen LogP contribution is -2.13. The zero-order valence-electron chi connectivity index (χ0n) is 10.1. The van der Waals surface area contributed by atoms with Gasteiger partial charge in [0.05, 0.1) is 6.54 Å². The Bertz CT molecular complexity index is 629. The molecule has 2 rings (SSSR count). The molecule has 1 amide bonds. The van der Waals surface area contributed by atoms with Gasteiger partial charge < -0.3 is 11.1 Å². The summed E-state index contributed by atoms with van der Waals surface area (Å²) in [6.45, 7) is 0.288. The van der Waals surface area contributed by atoms with Crippen LogP contribution in [0.15, 0.2) is 42.6 Å². The maximum Gasteiger partial charge on any atom is 0.256 e. The van der Waals surface area contributed by atoms with Crippen molar-refractivity contribution in [1.82, 2.24) is 10.2 Å². The third-order valence-corrected chi connectivity index (χ3v) is 2.27. The number of hydrogen-bond donors (Lipinski definition) is 2. The number of nitrogens with two attached hydrogens (primary N) is 1. The van der Waals surface area contributed by atoms with Crippen LogP contribution in [-0.4, -0.2) is 22.6 Å². The average molecular weight is 252 g/mol. The smallest absolute Gasteiger partial charge is 0.256 e. The molecule has 19 heavy (non-hydrogen) atoms. The molecular formula is C14H12N4O. The highest BCUT2D eigenvalue weighted by molar-refractivity contribution is 6.03. The minimum Gasteiger partial charge on any atom is -0.320 e. The highest BCUT2D eigenvalue weighted by Gasteiger charge is 2.06. The van der Waals surface area contributed by atoms with Gasteiger partial charge >= 0.3 is 0 Å². The van der Waals surface area contributed by atoms with E-state index in [0.29, 0.717) is 11.4 Å². The largest absolute Gasteiger partial charge is 0.320 e. The van der Waals surface area contributed by atoms with Gasteiger partial charge in [-0.15, -0.1) is 5.10 Å². The molecule has 0 atom stereocenters. The van der Waals surface area contributed by atoms with E-state index in [1.54, 1.807) is 36.5 Å². The van der Waals surface area contributed by atoms with Gasteiger partial charge in [-0.3, -0.25) is 4.79 Å². The number of anilines is 1. The molecule has 1 aromatic carbocycles. The first kappa shape index (κ1) is 12.7. The summed E-state index contributed by atoms with van der Waals surface area (Å²) in [5, 5.41) is 10.1. The van der Waals surface area contributed by atoms with E-state index in [1.165, 1.54) is 0 Å². The molecule has 0 saturated heterocycles. The normalized spacial score (nSPS) is 9.32. The van der Waals surface area contributed by atoms with Crippen molar-refractivity contribution in [3.8, 4) is 11.8 Å². The zero-order chi connectivity index (χ0) is 13.5. The number of carbonyl (C=O) groups is 1. The standard InChI is InChI=1S/C14H12N4O/c15-8-2-5-11-4-1-6-12(10-11)14(19)17-13-7-3-9-16-18-13/h1,3-4,6-7,9-10H,8,15H2,(H,17,18,19). The summed E-state index contributed by atoms with van der Waals surface area (Å²) in [6, 6.07) is 10.4. The summed E-state index contributed by atoms with van der Waals surface area (Å²) < 4.78 is 0. The number of nitrogens with one attached hydrogen (secondary N) is 1. The molecule has 0 saturated carbocycles. The van der Waals surface area contributed by atoms with Crippen LogP contribution in [0.25, 0.3) is 0 Å². The molecule has 5 nitrogen and oxygen atoms in total. The predicted octanol–water partition coefficient (Wildman–Crippen LogP) is 1.04. The van der Waals surface area contributed by atoms with Crippen LogP contribution in [0.5, 0.6) is 0 Å². The second-order valence-corrected chi connectivity index (χ2v) is 3.65. The Morgan fingerprint density at radius 3 is 2.95 bits per heavy atom. The second-order valence-electron chi connectivity index (χ2n) is 3.65. The highest BCUT2D eigenvalue weighted by atomic mass is 16.1. The molecule has 0 unspecified atom stereocenters. The van der Waals surface area contributed by atoms with E-state index in [2.05, 4.69) is 27.4 Å². The first-order valence-corrected chi connectivity index (χ1v) is 5.67. The van der Waals surface area contributed by atoms with Gasteiger partial charge in [0.1, 0.15) is 0 Å². The summed E-state index contributed by atoms with van der Waals surface area (Å²) in [5.74, 6) is 5.78. The van der Waals surface area contributed by atoms with Crippen molar-refractivity contribution in [3.05, 3.63) is 53.7 Å². The van der Waals surface area contributed by atoms with Crippen LogP contribution < -0.4 is 11.1 Å². The summed E-state index contributed by atoms with van der Waals surface area (Å²) in [4.78, 5) is 12.0. The lowest BCUT2D eigenvalue weighted by molar-refractivity contribution is 0.102. The fraction of sp³-hybridized carbons (Fsp3) is 0.0714. The molecule has 3 N–H and O–H groups in total. The van der Waals surface area contributed by atoms with Gasteiger partial charge in [0.15, 0.2) is 5.82 Å². The number of rotatable bonds is 2. The average Bonchev–Trinajstić information content (AvgIpc) is 2.46. The van der Waals surface area contributed by atoms with E-state index in [4.69, 9.17) is 5.73 Å². The van der Waals surface area contributed by atoms with Gasteiger partial charge in [0.25, 0.3) is 5.91 Å². The van der Waals surface area contributed by atoms with Crippen LogP contribution in [0.3, 0.4) is 0 Å². The van der Waals surface area contributed by atoms with Crippen molar-refractivity contribution in [2.24, 2.45) is 5.73 Å². The van der Waals surface area contributed by atoms with Crippen LogP contribution in [0, 0.1) is 11.8 Å². The van der Waals surface area contributed by atoms with Gasteiger partial charge in [0.2, 0.25) is 0 Å². The van der Waals surface area contributed by atoms with Crippen molar-refractivity contribution >= 4 is 11.7 Å². The minimum atomic E-state index is -0.253. The van der Waals surface area contributed by atoms with Gasteiger partial charge in [0, 0.05) is 17.3 Å². The quantitative estimate of drug-likeness (QED) is 0.782. The fourth-order valence-corrected chi connectivity index (χ4v) is 1.45. The first-order chi connectivity index (χ1) is 9.29. The zero-order valence-corrected chi connectivity index (χ0v) is 10.1. The van der Waals surface area contributed by atoms with Crippen LogP contribution in [-0.2, 0) is 0 Å². The monoisotopic (exact) mass is 252 g/mol. The molecule has 1 heterocycles. The van der Waals surface area contributed by atoms with E-state index >= 15 is 0 Å². The van der Waals surface area contributed by atoms with E-state index < -0.39 is 0 Å². The summed E-state index contributed by atoms with van der Waals surface area (Å²) in [5.41, 5.74) is 6.56. The molecule has 5 heteroatoms. The van der Waals surface area contributed by atoms with Crippen LogP contribution >= 0.6 is 0 Å². The molecular weight excluding hydrogens is 240 g/mol. The molecule has 1 aromatic heterocycles. The second kappa shape index (κ2) is 6.28. The Kier molecular flexibility index (Phi) is 4.21. The van der Waals surface area contributed by atoms with Crippen LogP contribution in [0.1, 0.15) is 15.9 Å². The predicted molar refractivity (Wildman–Crippen MR) is 72.4 cm³/mol. The molecule has 0 bridgehead atoms. The fourth-order valence-electron chi connectivity index (χ4n) is 1.45. The van der Waals surface area contributed by atoms with Gasteiger partial charge in [-0.05, 0) is 30.3 Å². The van der Waals surface area contributed by atoms with Crippen molar-refractivity contribution in [1.29, 1.82) is 0 Å². The van der Waals surface area contributed by atoms with Crippen molar-refractivity contribution in [2.75, 3.05) is 11.9 Å². The maximum absolute atomic E-state index is 12.0. The lowest BCUT2D eigenvalue weighted by Gasteiger charge is -2.03. The Morgan fingerprint density at radius 2 is 2.21 bits per heavy atom. The highest BCUT2D eigenvalue weighted by Crippen LogP contribution is 2.07. The molecule has 94 valence electrons. The van der Waals surface area contributed by atoms with Gasteiger partial charge in [-0.1, -0.05) is 17.9 Å². The third kappa shape index (κ3) is 3.63. The molecule has 2 aromatic rings. The summed E-state index contributed by atoms with van der Waals surface area (Å²) in [7, 11) is 0. The molecule has 0 radical (unpaired) electrons. The number of benzene rings is 1. The molecule has 0 spiro atoms. The van der Waals surface area contributed by atoms with Gasteiger partial charge in [-0.2, -0.15) is 5.10 Å². The van der Waals surface area contributed by atoms with Crippen molar-refractivity contribution < 1.29 is 4.79 Å². The SMILES string of the molecule is NCC#Cc1cccc(C(=O)Nc2cccnn2)c1. The molecule has 0 aliphatic carbocycles. The topological polar surface area (TPSA) is 80.9 Å². The summed E-state index contributed by atoms with van der Waals surface area (Å²) >= 11 is 0. The Hall–Kier alpha value is -2.71. The van der Waals surface area contributed by atoms with Crippen molar-refractivity contribution in [2.45, 2.75) is 0 Å². The Balaban J connectivity index is 2.15. The van der Waals surface area contributed by atoms with E-state index in [1.807, 2.05) is 6.07 Å². The third-order valence-electron chi connectivity index (χ3n) is 2.27. The van der Waals surface area contributed by atoms with Gasteiger partial charge in [-0.25, -0.2) is 0 Å². The lowest BCUT2D eigenvalue weighted by atomic mass is 10.1. The number of aromatic nitrogens is 2. The number of hydrogen-bond acceptors (Lipinski definition) is 4. The molecule has 0 aliphatic heterocycles. The maximum atomic E-state index is 12.0. The van der Waals surface area contributed by atoms with Crippen molar-refractivity contribution in [3.63, 3.8) is 0 Å². The minimum absolute atomic E-state index is 0.253. The number of amides is 1. The number of carbonyl (C=O) groups excluding carboxylic acids is 1. The Morgan fingerprint density at radius 1 is 1.32 bits per heavy atom. The van der Waals surface area contributed by atoms with E-state index in [-0.39, 0.29) is 12.5 Å². The van der Waals surface area contributed by atoms with E-state index in [9.17, 15) is 4.79 Å². The van der Waals surface area contributed by atoms with Crippen LogP contribution in [0.2, 0.25) is 0 Å². The van der Waals surface area contributed by atoms with E-state index in [0.717, 1.165) is 5.56 Å². The first-order valence-electron chi connectivity index (χ1n) is 5.67. The number of nitrogens with zero attached hydrogens (tertiary/aromatic N) is 2. The Labute approximate surface area is 110 Å². The van der Waals surface area contributed by atoms with Crippen LogP contribution in [0.4, 0.5) is 5.82 Å². The molecule has 0 fully saturated rings. The molecule has 0 aliphatic rings. The summed E-state index contributed by atoms with van der Waals surface area (Å²) in [6.07, 6.45) is 1.54.